The molecule has 2 saturated carbocycles. The summed E-state index contributed by atoms with van der Waals surface area (Å²) < 4.78 is 6.33. The summed E-state index contributed by atoms with van der Waals surface area (Å²) in [6.45, 7) is 3.99. The Balaban J connectivity index is 1.77. The molecule has 0 radical (unpaired) electrons. The molecular formula is C16H31NO. The standard InChI is InChI=1S/C16H31NO/c1-2-14-8-10-16(13-17,11-9-14)18-12-15-6-4-3-5-7-15/h14-15H,2-13,17H2,1H3. The second-order valence-corrected chi connectivity index (χ2v) is 6.55. The number of nitrogens with two attached hydrogens (primary N) is 1. The third kappa shape index (κ3) is 3.71. The normalized spacial score (nSPS) is 34.7. The highest BCUT2D eigenvalue weighted by Gasteiger charge is 2.35. The fourth-order valence-electron chi connectivity index (χ4n) is 3.67. The van der Waals surface area contributed by atoms with Crippen molar-refractivity contribution in [2.75, 3.05) is 13.2 Å². The molecule has 0 atom stereocenters. The van der Waals surface area contributed by atoms with Crippen LogP contribution in [0.1, 0.15) is 71.1 Å². The molecule has 2 N–H and O–H groups in total. The van der Waals surface area contributed by atoms with E-state index < -0.39 is 0 Å². The maximum atomic E-state index is 6.33. The van der Waals surface area contributed by atoms with Crippen LogP contribution in [0.15, 0.2) is 0 Å². The van der Waals surface area contributed by atoms with Crippen LogP contribution in [-0.4, -0.2) is 18.8 Å². The molecule has 18 heavy (non-hydrogen) atoms. The van der Waals surface area contributed by atoms with E-state index in [1.54, 1.807) is 0 Å². The van der Waals surface area contributed by atoms with E-state index in [1.165, 1.54) is 64.2 Å². The van der Waals surface area contributed by atoms with Gasteiger partial charge in [-0.25, -0.2) is 0 Å². The molecule has 0 aromatic carbocycles. The third-order valence-electron chi connectivity index (χ3n) is 5.32. The Morgan fingerprint density at radius 3 is 2.22 bits per heavy atom. The first-order valence-electron chi connectivity index (χ1n) is 8.12. The quantitative estimate of drug-likeness (QED) is 0.807. The molecule has 0 amide bonds. The first-order valence-corrected chi connectivity index (χ1v) is 8.12. The van der Waals surface area contributed by atoms with Crippen LogP contribution >= 0.6 is 0 Å². The molecule has 0 aromatic heterocycles. The van der Waals surface area contributed by atoms with Gasteiger partial charge in [0.05, 0.1) is 12.2 Å². The summed E-state index contributed by atoms with van der Waals surface area (Å²) in [7, 11) is 0. The van der Waals surface area contributed by atoms with Crippen molar-refractivity contribution in [3.05, 3.63) is 0 Å². The lowest BCUT2D eigenvalue weighted by molar-refractivity contribution is -0.0874. The third-order valence-corrected chi connectivity index (χ3v) is 5.32. The van der Waals surface area contributed by atoms with E-state index in [1.807, 2.05) is 0 Å². The van der Waals surface area contributed by atoms with Gasteiger partial charge in [0.15, 0.2) is 0 Å². The summed E-state index contributed by atoms with van der Waals surface area (Å²) in [6, 6.07) is 0. The molecule has 2 fully saturated rings. The van der Waals surface area contributed by atoms with Gasteiger partial charge in [-0.3, -0.25) is 0 Å². The van der Waals surface area contributed by atoms with Crippen molar-refractivity contribution in [2.24, 2.45) is 17.6 Å². The maximum absolute atomic E-state index is 6.33. The van der Waals surface area contributed by atoms with Crippen molar-refractivity contribution in [1.82, 2.24) is 0 Å². The van der Waals surface area contributed by atoms with Crippen molar-refractivity contribution >= 4 is 0 Å². The predicted octanol–water partition coefficient (Wildman–Crippen LogP) is 3.88. The molecule has 0 saturated heterocycles. The molecule has 2 aliphatic rings. The SMILES string of the molecule is CCC1CCC(CN)(OCC2CCCCC2)CC1. The summed E-state index contributed by atoms with van der Waals surface area (Å²) in [4.78, 5) is 0. The molecular weight excluding hydrogens is 222 g/mol. The van der Waals surface area contributed by atoms with Gasteiger partial charge in [-0.1, -0.05) is 32.6 Å². The lowest BCUT2D eigenvalue weighted by Gasteiger charge is -2.40. The molecule has 0 aliphatic heterocycles. The first kappa shape index (κ1) is 14.3. The minimum absolute atomic E-state index is 0.0309. The van der Waals surface area contributed by atoms with Gasteiger partial charge in [0.1, 0.15) is 0 Å². The van der Waals surface area contributed by atoms with Gasteiger partial charge >= 0.3 is 0 Å². The predicted molar refractivity (Wildman–Crippen MR) is 76.6 cm³/mol. The van der Waals surface area contributed by atoms with Gasteiger partial charge in [0, 0.05) is 6.54 Å². The Hall–Kier alpha value is -0.0800. The average molecular weight is 253 g/mol. The number of hydrogen-bond acceptors (Lipinski definition) is 2. The van der Waals surface area contributed by atoms with Crippen molar-refractivity contribution in [3.63, 3.8) is 0 Å². The fourth-order valence-corrected chi connectivity index (χ4v) is 3.67. The van der Waals surface area contributed by atoms with Crippen LogP contribution in [0.2, 0.25) is 0 Å². The summed E-state index contributed by atoms with van der Waals surface area (Å²) in [5.41, 5.74) is 6.05. The molecule has 2 nitrogen and oxygen atoms in total. The molecule has 2 rings (SSSR count). The lowest BCUT2D eigenvalue weighted by Crippen LogP contribution is -2.45. The average Bonchev–Trinajstić information content (AvgIpc) is 2.47. The van der Waals surface area contributed by atoms with E-state index in [0.29, 0.717) is 0 Å². The first-order chi connectivity index (χ1) is 8.78. The van der Waals surface area contributed by atoms with Crippen LogP contribution in [0.3, 0.4) is 0 Å². The summed E-state index contributed by atoms with van der Waals surface area (Å²) in [5.74, 6) is 1.73. The Labute approximate surface area is 113 Å². The summed E-state index contributed by atoms with van der Waals surface area (Å²) >= 11 is 0. The highest BCUT2D eigenvalue weighted by Crippen LogP contribution is 2.36. The Morgan fingerprint density at radius 1 is 1.00 bits per heavy atom. The van der Waals surface area contributed by atoms with Gasteiger partial charge in [-0.15, -0.1) is 0 Å². The zero-order chi connectivity index (χ0) is 12.8. The second kappa shape index (κ2) is 6.91. The van der Waals surface area contributed by atoms with E-state index in [4.69, 9.17) is 10.5 Å². The second-order valence-electron chi connectivity index (χ2n) is 6.55. The van der Waals surface area contributed by atoms with Crippen molar-refractivity contribution in [1.29, 1.82) is 0 Å². The maximum Gasteiger partial charge on any atom is 0.0804 e. The summed E-state index contributed by atoms with van der Waals surface area (Å²) in [6.07, 6.45) is 13.3. The topological polar surface area (TPSA) is 35.2 Å². The Kier molecular flexibility index (Phi) is 5.50. The number of ether oxygens (including phenoxy) is 1. The zero-order valence-electron chi connectivity index (χ0n) is 12.1. The monoisotopic (exact) mass is 253 g/mol. The van der Waals surface area contributed by atoms with Crippen molar-refractivity contribution in [3.8, 4) is 0 Å². The number of rotatable bonds is 5. The van der Waals surface area contributed by atoms with Gasteiger partial charge in [0.25, 0.3) is 0 Å². The Morgan fingerprint density at radius 2 is 1.67 bits per heavy atom. The van der Waals surface area contributed by atoms with Gasteiger partial charge in [-0.05, 0) is 50.4 Å². The summed E-state index contributed by atoms with van der Waals surface area (Å²) in [5, 5.41) is 0. The molecule has 2 heteroatoms. The zero-order valence-corrected chi connectivity index (χ0v) is 12.1. The van der Waals surface area contributed by atoms with E-state index >= 15 is 0 Å². The molecule has 106 valence electrons. The van der Waals surface area contributed by atoms with Crippen LogP contribution in [0.5, 0.6) is 0 Å². The minimum atomic E-state index is 0.0309. The van der Waals surface area contributed by atoms with Crippen molar-refractivity contribution in [2.45, 2.75) is 76.7 Å². The number of hydrogen-bond donors (Lipinski definition) is 1. The van der Waals surface area contributed by atoms with E-state index in [-0.39, 0.29) is 5.60 Å². The van der Waals surface area contributed by atoms with Gasteiger partial charge < -0.3 is 10.5 Å². The lowest BCUT2D eigenvalue weighted by atomic mass is 9.77. The van der Waals surface area contributed by atoms with E-state index in [2.05, 4.69) is 6.92 Å². The largest absolute Gasteiger partial charge is 0.373 e. The van der Waals surface area contributed by atoms with Gasteiger partial charge in [0.2, 0.25) is 0 Å². The molecule has 0 aromatic rings. The molecule has 0 unspecified atom stereocenters. The molecule has 0 heterocycles. The smallest absolute Gasteiger partial charge is 0.0804 e. The molecule has 0 bridgehead atoms. The van der Waals surface area contributed by atoms with Crippen LogP contribution in [-0.2, 0) is 4.74 Å². The molecule has 0 spiro atoms. The van der Waals surface area contributed by atoms with Crippen LogP contribution in [0.25, 0.3) is 0 Å². The van der Waals surface area contributed by atoms with Gasteiger partial charge in [-0.2, -0.15) is 0 Å². The fraction of sp³-hybridized carbons (Fsp3) is 1.00. The Bertz CT molecular complexity index is 227. The van der Waals surface area contributed by atoms with Crippen LogP contribution in [0, 0.1) is 11.8 Å². The highest BCUT2D eigenvalue weighted by molar-refractivity contribution is 4.88. The van der Waals surface area contributed by atoms with Crippen LogP contribution < -0.4 is 5.73 Å². The highest BCUT2D eigenvalue weighted by atomic mass is 16.5. The molecule has 2 aliphatic carbocycles. The van der Waals surface area contributed by atoms with E-state index in [9.17, 15) is 0 Å². The minimum Gasteiger partial charge on any atom is -0.373 e. The van der Waals surface area contributed by atoms with Crippen molar-refractivity contribution < 1.29 is 4.74 Å². The van der Waals surface area contributed by atoms with E-state index in [0.717, 1.165) is 25.0 Å². The van der Waals surface area contributed by atoms with Crippen LogP contribution in [0.4, 0.5) is 0 Å².